The Morgan fingerprint density at radius 1 is 1.12 bits per heavy atom. The summed E-state index contributed by atoms with van der Waals surface area (Å²) in [4.78, 5) is 11.9. The average Bonchev–Trinajstić information content (AvgIpc) is 3.15. The third-order valence-electron chi connectivity index (χ3n) is 3.21. The van der Waals surface area contributed by atoms with Crippen molar-refractivity contribution in [1.82, 2.24) is 9.78 Å². The number of hydrogen-bond donors (Lipinski definition) is 0. The lowest BCUT2D eigenvalue weighted by Gasteiger charge is -2.17. The van der Waals surface area contributed by atoms with Crippen LogP contribution in [0.25, 0.3) is 0 Å². The van der Waals surface area contributed by atoms with Crippen molar-refractivity contribution in [3.05, 3.63) is 63.0 Å². The molecule has 3 nitrogen and oxygen atoms in total. The highest BCUT2D eigenvalue weighted by Gasteiger charge is 2.48. The predicted molar refractivity (Wildman–Crippen MR) is 68.9 cm³/mol. The van der Waals surface area contributed by atoms with Crippen molar-refractivity contribution in [2.45, 2.75) is 18.4 Å². The van der Waals surface area contributed by atoms with Gasteiger partial charge in [0.2, 0.25) is 0 Å². The van der Waals surface area contributed by atoms with Gasteiger partial charge < -0.3 is 0 Å². The fourth-order valence-corrected chi connectivity index (χ4v) is 2.48. The molecule has 0 amide bonds. The van der Waals surface area contributed by atoms with Crippen molar-refractivity contribution >= 4 is 15.9 Å². The highest BCUT2D eigenvalue weighted by molar-refractivity contribution is 9.10. The molecule has 86 valence electrons. The van der Waals surface area contributed by atoms with Gasteiger partial charge in [-0.05, 0) is 40.4 Å². The summed E-state index contributed by atoms with van der Waals surface area (Å²) in [6, 6.07) is 13.3. The summed E-state index contributed by atoms with van der Waals surface area (Å²) in [7, 11) is 0. The van der Waals surface area contributed by atoms with Crippen LogP contribution in [0.2, 0.25) is 0 Å². The van der Waals surface area contributed by atoms with Gasteiger partial charge in [0, 0.05) is 6.07 Å². The van der Waals surface area contributed by atoms with Crippen molar-refractivity contribution in [1.29, 1.82) is 0 Å². The maximum absolute atomic E-state index is 11.9. The molecule has 0 unspecified atom stereocenters. The van der Waals surface area contributed by atoms with Gasteiger partial charge in [0.05, 0.1) is 5.54 Å². The first-order valence-corrected chi connectivity index (χ1v) is 6.34. The molecule has 2 aromatic rings. The number of rotatable bonds is 2. The van der Waals surface area contributed by atoms with E-state index in [-0.39, 0.29) is 11.1 Å². The fourth-order valence-electron chi connectivity index (χ4n) is 2.18. The molecule has 0 spiro atoms. The molecule has 1 aliphatic carbocycles. The van der Waals surface area contributed by atoms with Gasteiger partial charge in [0.25, 0.3) is 5.56 Å². The Bertz CT molecular complexity index is 602. The lowest BCUT2D eigenvalue weighted by Crippen LogP contribution is -2.33. The summed E-state index contributed by atoms with van der Waals surface area (Å²) in [5.41, 5.74) is 0.893. The van der Waals surface area contributed by atoms with Crippen molar-refractivity contribution < 1.29 is 0 Å². The Balaban J connectivity index is 2.16. The standard InChI is InChI=1S/C13H11BrN2O/c14-11-6-7-12(17)16(15-11)13(8-9-13)10-4-2-1-3-5-10/h1-7H,8-9H2. The van der Waals surface area contributed by atoms with Crippen molar-refractivity contribution in [3.8, 4) is 0 Å². The van der Waals surface area contributed by atoms with Gasteiger partial charge in [-0.3, -0.25) is 4.79 Å². The predicted octanol–water partition coefficient (Wildman–Crippen LogP) is 2.54. The van der Waals surface area contributed by atoms with Gasteiger partial charge in [-0.25, -0.2) is 4.68 Å². The second-order valence-electron chi connectivity index (χ2n) is 4.30. The molecule has 1 aromatic heterocycles. The molecular weight excluding hydrogens is 280 g/mol. The van der Waals surface area contributed by atoms with Gasteiger partial charge in [-0.1, -0.05) is 30.3 Å². The lowest BCUT2D eigenvalue weighted by atomic mass is 10.1. The van der Waals surface area contributed by atoms with Crippen molar-refractivity contribution in [3.63, 3.8) is 0 Å². The molecule has 1 fully saturated rings. The van der Waals surface area contributed by atoms with Crippen LogP contribution < -0.4 is 5.56 Å². The minimum atomic E-state index is -0.220. The molecule has 1 aliphatic rings. The van der Waals surface area contributed by atoms with Gasteiger partial charge in [-0.15, -0.1) is 0 Å². The number of aromatic nitrogens is 2. The van der Waals surface area contributed by atoms with Crippen LogP contribution in [-0.2, 0) is 5.54 Å². The van der Waals surface area contributed by atoms with E-state index < -0.39 is 0 Å². The van der Waals surface area contributed by atoms with Gasteiger partial charge in [0.1, 0.15) is 4.60 Å². The summed E-state index contributed by atoms with van der Waals surface area (Å²) in [6.07, 6.45) is 1.95. The zero-order valence-electron chi connectivity index (χ0n) is 9.14. The molecule has 0 radical (unpaired) electrons. The molecule has 1 saturated carbocycles. The topological polar surface area (TPSA) is 34.9 Å². The largest absolute Gasteiger partial charge is 0.268 e. The highest BCUT2D eigenvalue weighted by atomic mass is 79.9. The maximum atomic E-state index is 11.9. The monoisotopic (exact) mass is 290 g/mol. The SMILES string of the molecule is O=c1ccc(Br)nn1C1(c2ccccc2)CC1. The molecule has 1 aromatic carbocycles. The Morgan fingerprint density at radius 2 is 1.82 bits per heavy atom. The second-order valence-corrected chi connectivity index (χ2v) is 5.12. The van der Waals surface area contributed by atoms with E-state index in [9.17, 15) is 4.79 Å². The van der Waals surface area contributed by atoms with Crippen LogP contribution in [0, 0.1) is 0 Å². The maximum Gasteiger partial charge on any atom is 0.267 e. The van der Waals surface area contributed by atoms with Crippen LogP contribution in [0.15, 0.2) is 51.9 Å². The summed E-state index contributed by atoms with van der Waals surface area (Å²) in [5.74, 6) is 0. The normalized spacial score (nSPS) is 16.8. The first kappa shape index (κ1) is 10.7. The number of hydrogen-bond acceptors (Lipinski definition) is 2. The molecular formula is C13H11BrN2O. The molecule has 0 aliphatic heterocycles. The Kier molecular flexibility index (Phi) is 2.40. The molecule has 0 atom stereocenters. The number of nitrogens with zero attached hydrogens (tertiary/aromatic N) is 2. The Hall–Kier alpha value is -1.42. The van der Waals surface area contributed by atoms with E-state index >= 15 is 0 Å². The van der Waals surface area contributed by atoms with E-state index in [2.05, 4.69) is 33.2 Å². The zero-order valence-corrected chi connectivity index (χ0v) is 10.7. The minimum absolute atomic E-state index is 0.0467. The van der Waals surface area contributed by atoms with E-state index in [4.69, 9.17) is 0 Å². The van der Waals surface area contributed by atoms with E-state index in [0.717, 1.165) is 18.4 Å². The third kappa shape index (κ3) is 1.72. The molecule has 0 bridgehead atoms. The first-order chi connectivity index (χ1) is 8.22. The number of benzene rings is 1. The second kappa shape index (κ2) is 3.81. The van der Waals surface area contributed by atoms with Crippen LogP contribution in [0.4, 0.5) is 0 Å². The summed E-state index contributed by atoms with van der Waals surface area (Å²) < 4.78 is 2.30. The van der Waals surface area contributed by atoms with Crippen molar-refractivity contribution in [2.24, 2.45) is 0 Å². The molecule has 3 rings (SSSR count). The summed E-state index contributed by atoms with van der Waals surface area (Å²) >= 11 is 3.32. The first-order valence-electron chi connectivity index (χ1n) is 5.54. The third-order valence-corrected chi connectivity index (χ3v) is 3.63. The van der Waals surface area contributed by atoms with E-state index in [1.165, 1.54) is 0 Å². The lowest BCUT2D eigenvalue weighted by molar-refractivity contribution is 0.475. The summed E-state index contributed by atoms with van der Waals surface area (Å²) in [6.45, 7) is 0. The Labute approximate surface area is 107 Å². The van der Waals surface area contributed by atoms with E-state index in [1.807, 2.05) is 18.2 Å². The molecule has 0 N–H and O–H groups in total. The average molecular weight is 291 g/mol. The highest BCUT2D eigenvalue weighted by Crippen LogP contribution is 2.47. The minimum Gasteiger partial charge on any atom is -0.268 e. The molecule has 0 saturated heterocycles. The molecule has 1 heterocycles. The van der Waals surface area contributed by atoms with Gasteiger partial charge in [0.15, 0.2) is 0 Å². The smallest absolute Gasteiger partial charge is 0.267 e. The van der Waals surface area contributed by atoms with E-state index in [0.29, 0.717) is 4.60 Å². The van der Waals surface area contributed by atoms with Crippen molar-refractivity contribution in [2.75, 3.05) is 0 Å². The summed E-state index contributed by atoms with van der Waals surface area (Å²) in [5, 5.41) is 4.30. The van der Waals surface area contributed by atoms with Crippen LogP contribution in [-0.4, -0.2) is 9.78 Å². The zero-order chi connectivity index (χ0) is 11.9. The number of halogens is 1. The van der Waals surface area contributed by atoms with Crippen LogP contribution >= 0.6 is 15.9 Å². The van der Waals surface area contributed by atoms with Gasteiger partial charge >= 0.3 is 0 Å². The Morgan fingerprint density at radius 3 is 2.47 bits per heavy atom. The van der Waals surface area contributed by atoms with Crippen LogP contribution in [0.3, 0.4) is 0 Å². The van der Waals surface area contributed by atoms with Gasteiger partial charge in [-0.2, -0.15) is 5.10 Å². The molecule has 17 heavy (non-hydrogen) atoms. The van der Waals surface area contributed by atoms with Crippen LogP contribution in [0.5, 0.6) is 0 Å². The molecule has 4 heteroatoms. The fraction of sp³-hybridized carbons (Fsp3) is 0.231. The van der Waals surface area contributed by atoms with Crippen LogP contribution in [0.1, 0.15) is 18.4 Å². The quantitative estimate of drug-likeness (QED) is 0.852. The van der Waals surface area contributed by atoms with E-state index in [1.54, 1.807) is 16.8 Å².